The normalized spacial score (nSPS) is 9.83. The Morgan fingerprint density at radius 1 is 1.50 bits per heavy atom. The van der Waals surface area contributed by atoms with Crippen molar-refractivity contribution in [3.05, 3.63) is 12.4 Å². The molecule has 12 heavy (non-hydrogen) atoms. The first-order valence-electron chi connectivity index (χ1n) is 3.63. The quantitative estimate of drug-likeness (QED) is 0.635. The SMILES string of the molecule is CN(CCO)c1cnc(N)cn1. The summed E-state index contributed by atoms with van der Waals surface area (Å²) in [6.07, 6.45) is 3.06. The van der Waals surface area contributed by atoms with E-state index in [-0.39, 0.29) is 6.61 Å². The summed E-state index contributed by atoms with van der Waals surface area (Å²) < 4.78 is 0. The highest BCUT2D eigenvalue weighted by molar-refractivity contribution is 5.38. The van der Waals surface area contributed by atoms with Gasteiger partial charge >= 0.3 is 0 Å². The minimum atomic E-state index is 0.0998. The van der Waals surface area contributed by atoms with Crippen LogP contribution in [0.15, 0.2) is 12.4 Å². The number of nitrogen functional groups attached to an aromatic ring is 1. The first-order valence-corrected chi connectivity index (χ1v) is 3.63. The second-order valence-electron chi connectivity index (χ2n) is 2.44. The lowest BCUT2D eigenvalue weighted by atomic mass is 10.5. The summed E-state index contributed by atoms with van der Waals surface area (Å²) in [4.78, 5) is 9.70. The molecule has 1 aromatic heterocycles. The zero-order valence-electron chi connectivity index (χ0n) is 6.94. The maximum absolute atomic E-state index is 8.64. The summed E-state index contributed by atoms with van der Waals surface area (Å²) >= 11 is 0. The first kappa shape index (κ1) is 8.73. The van der Waals surface area contributed by atoms with Crippen molar-refractivity contribution in [3.63, 3.8) is 0 Å². The molecule has 3 N–H and O–H groups in total. The van der Waals surface area contributed by atoms with Crippen LogP contribution in [-0.4, -0.2) is 35.3 Å². The van der Waals surface area contributed by atoms with Gasteiger partial charge < -0.3 is 15.7 Å². The Hall–Kier alpha value is -1.36. The van der Waals surface area contributed by atoms with Crippen molar-refractivity contribution < 1.29 is 5.11 Å². The minimum absolute atomic E-state index is 0.0998. The molecule has 0 aromatic carbocycles. The molecule has 0 aliphatic heterocycles. The number of hydrogen-bond acceptors (Lipinski definition) is 5. The van der Waals surface area contributed by atoms with Gasteiger partial charge in [-0.05, 0) is 0 Å². The second kappa shape index (κ2) is 3.87. The van der Waals surface area contributed by atoms with Gasteiger partial charge in [-0.15, -0.1) is 0 Å². The van der Waals surface area contributed by atoms with Crippen molar-refractivity contribution >= 4 is 11.6 Å². The molecule has 0 atom stereocenters. The molecule has 0 fully saturated rings. The van der Waals surface area contributed by atoms with Crippen LogP contribution in [0.2, 0.25) is 0 Å². The number of likely N-dealkylation sites (N-methyl/N-ethyl adjacent to an activating group) is 1. The van der Waals surface area contributed by atoms with E-state index in [2.05, 4.69) is 9.97 Å². The van der Waals surface area contributed by atoms with E-state index in [0.717, 1.165) is 0 Å². The summed E-state index contributed by atoms with van der Waals surface area (Å²) in [5.74, 6) is 1.11. The number of nitrogens with zero attached hydrogens (tertiary/aromatic N) is 3. The molecule has 66 valence electrons. The second-order valence-corrected chi connectivity index (χ2v) is 2.44. The van der Waals surface area contributed by atoms with Crippen LogP contribution in [0.3, 0.4) is 0 Å². The Balaban J connectivity index is 2.68. The van der Waals surface area contributed by atoms with Crippen molar-refractivity contribution in [3.8, 4) is 0 Å². The van der Waals surface area contributed by atoms with E-state index in [0.29, 0.717) is 18.2 Å². The van der Waals surface area contributed by atoms with Gasteiger partial charge in [-0.2, -0.15) is 0 Å². The maximum Gasteiger partial charge on any atom is 0.147 e. The zero-order valence-corrected chi connectivity index (χ0v) is 6.94. The Labute approximate surface area is 70.9 Å². The van der Waals surface area contributed by atoms with Gasteiger partial charge in [0.1, 0.15) is 11.6 Å². The molecule has 1 rings (SSSR count). The predicted octanol–water partition coefficient (Wildman–Crippen LogP) is -0.513. The largest absolute Gasteiger partial charge is 0.395 e. The highest BCUT2D eigenvalue weighted by atomic mass is 16.3. The third kappa shape index (κ3) is 2.06. The molecule has 5 heteroatoms. The molecular formula is C7H12N4O. The molecule has 0 bridgehead atoms. The fourth-order valence-electron chi connectivity index (χ4n) is 0.793. The Morgan fingerprint density at radius 2 is 2.25 bits per heavy atom. The van der Waals surface area contributed by atoms with Crippen LogP contribution in [-0.2, 0) is 0 Å². The van der Waals surface area contributed by atoms with Crippen LogP contribution in [0, 0.1) is 0 Å². The van der Waals surface area contributed by atoms with Crippen LogP contribution in [0.4, 0.5) is 11.6 Å². The molecule has 0 unspecified atom stereocenters. The monoisotopic (exact) mass is 168 g/mol. The molecule has 5 nitrogen and oxygen atoms in total. The van der Waals surface area contributed by atoms with Gasteiger partial charge in [0, 0.05) is 13.6 Å². The molecular weight excluding hydrogens is 156 g/mol. The molecule has 1 aromatic rings. The lowest BCUT2D eigenvalue weighted by Crippen LogP contribution is -2.22. The van der Waals surface area contributed by atoms with Gasteiger partial charge in [-0.25, -0.2) is 9.97 Å². The number of aliphatic hydroxyl groups excluding tert-OH is 1. The van der Waals surface area contributed by atoms with Crippen molar-refractivity contribution in [1.29, 1.82) is 0 Å². The van der Waals surface area contributed by atoms with E-state index in [1.165, 1.54) is 6.20 Å². The zero-order chi connectivity index (χ0) is 8.97. The van der Waals surface area contributed by atoms with Gasteiger partial charge in [0.15, 0.2) is 0 Å². The minimum Gasteiger partial charge on any atom is -0.395 e. The summed E-state index contributed by atoms with van der Waals surface area (Å²) in [5, 5.41) is 8.64. The third-order valence-electron chi connectivity index (χ3n) is 1.48. The number of nitrogens with two attached hydrogens (primary N) is 1. The summed E-state index contributed by atoms with van der Waals surface area (Å²) in [6, 6.07) is 0. The van der Waals surface area contributed by atoms with E-state index in [4.69, 9.17) is 10.8 Å². The van der Waals surface area contributed by atoms with Gasteiger partial charge in [-0.3, -0.25) is 0 Å². The fourth-order valence-corrected chi connectivity index (χ4v) is 0.793. The average Bonchev–Trinajstić information content (AvgIpc) is 2.06. The van der Waals surface area contributed by atoms with Crippen LogP contribution >= 0.6 is 0 Å². The summed E-state index contributed by atoms with van der Waals surface area (Å²) in [6.45, 7) is 0.640. The van der Waals surface area contributed by atoms with E-state index >= 15 is 0 Å². The van der Waals surface area contributed by atoms with Gasteiger partial charge in [0.2, 0.25) is 0 Å². The lowest BCUT2D eigenvalue weighted by Gasteiger charge is -2.15. The van der Waals surface area contributed by atoms with E-state index < -0.39 is 0 Å². The number of anilines is 2. The molecule has 0 saturated carbocycles. The summed E-state index contributed by atoms with van der Waals surface area (Å²) in [7, 11) is 1.83. The molecule has 0 aliphatic rings. The highest BCUT2D eigenvalue weighted by Crippen LogP contribution is 2.05. The van der Waals surface area contributed by atoms with E-state index in [1.54, 1.807) is 11.1 Å². The fraction of sp³-hybridized carbons (Fsp3) is 0.429. The van der Waals surface area contributed by atoms with Crippen LogP contribution in [0.5, 0.6) is 0 Å². The third-order valence-corrected chi connectivity index (χ3v) is 1.48. The number of aliphatic hydroxyl groups is 1. The van der Waals surface area contributed by atoms with Crippen molar-refractivity contribution in [2.75, 3.05) is 30.8 Å². The predicted molar refractivity (Wildman–Crippen MR) is 46.8 cm³/mol. The maximum atomic E-state index is 8.64. The van der Waals surface area contributed by atoms with Crippen LogP contribution in [0.25, 0.3) is 0 Å². The van der Waals surface area contributed by atoms with Gasteiger partial charge in [0.05, 0.1) is 19.0 Å². The standard InChI is InChI=1S/C7H12N4O/c1-11(2-3-12)7-5-9-6(8)4-10-7/h4-5,12H,2-3H2,1H3,(H2,8,9). The van der Waals surface area contributed by atoms with Crippen molar-refractivity contribution in [1.82, 2.24) is 9.97 Å². The van der Waals surface area contributed by atoms with E-state index in [1.807, 2.05) is 7.05 Å². The Bertz CT molecular complexity index is 236. The number of hydrogen-bond donors (Lipinski definition) is 2. The average molecular weight is 168 g/mol. The summed E-state index contributed by atoms with van der Waals surface area (Å²) in [5.41, 5.74) is 5.36. The molecule has 0 spiro atoms. The Morgan fingerprint density at radius 3 is 2.75 bits per heavy atom. The van der Waals surface area contributed by atoms with Gasteiger partial charge in [-0.1, -0.05) is 0 Å². The molecule has 0 saturated heterocycles. The number of rotatable bonds is 3. The topological polar surface area (TPSA) is 75.3 Å². The lowest BCUT2D eigenvalue weighted by molar-refractivity contribution is 0.304. The van der Waals surface area contributed by atoms with Crippen molar-refractivity contribution in [2.24, 2.45) is 0 Å². The van der Waals surface area contributed by atoms with Crippen LogP contribution in [0.1, 0.15) is 0 Å². The number of aromatic nitrogens is 2. The van der Waals surface area contributed by atoms with E-state index in [9.17, 15) is 0 Å². The van der Waals surface area contributed by atoms with Crippen LogP contribution < -0.4 is 10.6 Å². The molecule has 0 radical (unpaired) electrons. The molecule has 0 amide bonds. The molecule has 1 heterocycles. The highest BCUT2D eigenvalue weighted by Gasteiger charge is 2.00. The smallest absolute Gasteiger partial charge is 0.147 e. The Kier molecular flexibility index (Phi) is 2.82. The van der Waals surface area contributed by atoms with Crippen molar-refractivity contribution in [2.45, 2.75) is 0 Å². The van der Waals surface area contributed by atoms with Gasteiger partial charge in [0.25, 0.3) is 0 Å². The molecule has 0 aliphatic carbocycles. The first-order chi connectivity index (χ1) is 5.74.